The molecule has 3 nitrogen and oxygen atoms in total. The van der Waals surface area contributed by atoms with Gasteiger partial charge in [-0.15, -0.1) is 0 Å². The van der Waals surface area contributed by atoms with Crippen molar-refractivity contribution in [3.05, 3.63) is 29.6 Å². The van der Waals surface area contributed by atoms with Crippen molar-refractivity contribution in [3.8, 4) is 0 Å². The van der Waals surface area contributed by atoms with Crippen LogP contribution in [0.1, 0.15) is 30.6 Å². The zero-order valence-corrected chi connectivity index (χ0v) is 10.4. The molecule has 0 saturated heterocycles. The molecule has 1 aliphatic carbocycles. The average Bonchev–Trinajstić information content (AvgIpc) is 2.69. The van der Waals surface area contributed by atoms with Crippen molar-refractivity contribution in [3.63, 3.8) is 0 Å². The van der Waals surface area contributed by atoms with Gasteiger partial charge in [0.05, 0.1) is 11.7 Å². The van der Waals surface area contributed by atoms with Gasteiger partial charge in [-0.2, -0.15) is 0 Å². The molecule has 3 heteroatoms. The van der Waals surface area contributed by atoms with Gasteiger partial charge in [-0.1, -0.05) is 6.07 Å². The first-order valence-electron chi connectivity index (χ1n) is 6.02. The molecule has 0 radical (unpaired) electrons. The van der Waals surface area contributed by atoms with Gasteiger partial charge in [0.15, 0.2) is 0 Å². The van der Waals surface area contributed by atoms with Gasteiger partial charge in [-0.3, -0.25) is 4.98 Å². The van der Waals surface area contributed by atoms with E-state index >= 15 is 0 Å². The SMILES string of the molecule is CC(CNC1CCc2cccnc21)N(C)C. The van der Waals surface area contributed by atoms with Gasteiger partial charge in [0.1, 0.15) is 0 Å². The molecule has 1 heterocycles. The van der Waals surface area contributed by atoms with E-state index in [1.807, 2.05) is 12.3 Å². The molecule has 0 aliphatic heterocycles. The number of aromatic nitrogens is 1. The van der Waals surface area contributed by atoms with Gasteiger partial charge >= 0.3 is 0 Å². The highest BCUT2D eigenvalue weighted by atomic mass is 15.1. The maximum Gasteiger partial charge on any atom is 0.0605 e. The highest BCUT2D eigenvalue weighted by Gasteiger charge is 2.23. The molecule has 2 atom stereocenters. The Morgan fingerprint density at radius 3 is 3.12 bits per heavy atom. The second kappa shape index (κ2) is 4.93. The number of rotatable bonds is 4. The first-order valence-corrected chi connectivity index (χ1v) is 6.02. The molecule has 0 aromatic carbocycles. The monoisotopic (exact) mass is 219 g/mol. The first-order chi connectivity index (χ1) is 7.68. The van der Waals surface area contributed by atoms with Gasteiger partial charge in [-0.25, -0.2) is 0 Å². The van der Waals surface area contributed by atoms with E-state index in [-0.39, 0.29) is 0 Å². The van der Waals surface area contributed by atoms with Crippen molar-refractivity contribution < 1.29 is 0 Å². The molecular formula is C13H21N3. The topological polar surface area (TPSA) is 28.2 Å². The van der Waals surface area contributed by atoms with Crippen molar-refractivity contribution in [1.82, 2.24) is 15.2 Å². The quantitative estimate of drug-likeness (QED) is 0.834. The Bertz CT molecular complexity index is 349. The first kappa shape index (κ1) is 11.6. The van der Waals surface area contributed by atoms with Crippen molar-refractivity contribution >= 4 is 0 Å². The molecule has 0 bridgehead atoms. The lowest BCUT2D eigenvalue weighted by atomic mass is 10.2. The summed E-state index contributed by atoms with van der Waals surface area (Å²) in [7, 11) is 4.24. The molecule has 1 aliphatic rings. The zero-order chi connectivity index (χ0) is 11.5. The van der Waals surface area contributed by atoms with E-state index in [4.69, 9.17) is 0 Å². The van der Waals surface area contributed by atoms with Crippen molar-refractivity contribution in [2.24, 2.45) is 0 Å². The highest BCUT2D eigenvalue weighted by molar-refractivity contribution is 5.27. The summed E-state index contributed by atoms with van der Waals surface area (Å²) in [5.41, 5.74) is 2.67. The van der Waals surface area contributed by atoms with Crippen LogP contribution in [-0.4, -0.2) is 36.6 Å². The third-order valence-electron chi connectivity index (χ3n) is 3.50. The fraction of sp³-hybridized carbons (Fsp3) is 0.615. The van der Waals surface area contributed by atoms with E-state index in [1.54, 1.807) is 0 Å². The van der Waals surface area contributed by atoms with Gasteiger partial charge < -0.3 is 10.2 Å². The largest absolute Gasteiger partial charge is 0.307 e. The predicted octanol–water partition coefficient (Wildman–Crippen LogP) is 1.61. The Labute approximate surface area is 97.9 Å². The van der Waals surface area contributed by atoms with Crippen LogP contribution in [0.5, 0.6) is 0 Å². The fourth-order valence-corrected chi connectivity index (χ4v) is 2.11. The zero-order valence-electron chi connectivity index (χ0n) is 10.4. The molecule has 0 spiro atoms. The number of likely N-dealkylation sites (N-methyl/N-ethyl adjacent to an activating group) is 1. The molecule has 1 aromatic rings. The van der Waals surface area contributed by atoms with Crippen molar-refractivity contribution in [2.45, 2.75) is 31.8 Å². The Morgan fingerprint density at radius 1 is 1.56 bits per heavy atom. The summed E-state index contributed by atoms with van der Waals surface area (Å²) in [6, 6.07) is 5.25. The van der Waals surface area contributed by atoms with Crippen LogP contribution in [0.4, 0.5) is 0 Å². The van der Waals surface area contributed by atoms with E-state index in [0.717, 1.165) is 13.0 Å². The number of nitrogens with one attached hydrogen (secondary N) is 1. The number of hydrogen-bond donors (Lipinski definition) is 1. The van der Waals surface area contributed by atoms with Crippen LogP contribution in [0.15, 0.2) is 18.3 Å². The second-order valence-electron chi connectivity index (χ2n) is 4.86. The van der Waals surface area contributed by atoms with Crippen LogP contribution in [0.2, 0.25) is 0 Å². The standard InChI is InChI=1S/C13H21N3/c1-10(16(2)3)9-15-12-7-6-11-5-4-8-14-13(11)12/h4-5,8,10,12,15H,6-7,9H2,1-3H3. The smallest absolute Gasteiger partial charge is 0.0605 e. The minimum atomic E-state index is 0.457. The lowest BCUT2D eigenvalue weighted by Gasteiger charge is -2.22. The van der Waals surface area contributed by atoms with E-state index in [1.165, 1.54) is 17.7 Å². The number of nitrogens with zero attached hydrogens (tertiary/aromatic N) is 2. The fourth-order valence-electron chi connectivity index (χ4n) is 2.11. The lowest BCUT2D eigenvalue weighted by molar-refractivity contribution is 0.292. The molecular weight excluding hydrogens is 198 g/mol. The number of fused-ring (bicyclic) bond motifs is 1. The summed E-state index contributed by atoms with van der Waals surface area (Å²) in [6.45, 7) is 3.26. The minimum Gasteiger partial charge on any atom is -0.307 e. The van der Waals surface area contributed by atoms with Crippen LogP contribution in [0.3, 0.4) is 0 Å². The van der Waals surface area contributed by atoms with Crippen LogP contribution >= 0.6 is 0 Å². The van der Waals surface area contributed by atoms with Gasteiger partial charge in [0, 0.05) is 18.8 Å². The molecule has 0 amide bonds. The molecule has 0 saturated carbocycles. The third-order valence-corrected chi connectivity index (χ3v) is 3.50. The van der Waals surface area contributed by atoms with E-state index < -0.39 is 0 Å². The Morgan fingerprint density at radius 2 is 2.38 bits per heavy atom. The summed E-state index contributed by atoms with van der Waals surface area (Å²) in [6.07, 6.45) is 4.25. The van der Waals surface area contributed by atoms with Gasteiger partial charge in [0.2, 0.25) is 0 Å². The van der Waals surface area contributed by atoms with E-state index in [2.05, 4.69) is 42.3 Å². The van der Waals surface area contributed by atoms with Gasteiger partial charge in [0.25, 0.3) is 0 Å². The molecule has 2 rings (SSSR count). The third kappa shape index (κ3) is 2.42. The van der Waals surface area contributed by atoms with E-state index in [9.17, 15) is 0 Å². The maximum absolute atomic E-state index is 4.49. The van der Waals surface area contributed by atoms with Crippen LogP contribution in [-0.2, 0) is 6.42 Å². The summed E-state index contributed by atoms with van der Waals surface area (Å²) in [4.78, 5) is 6.72. The molecule has 16 heavy (non-hydrogen) atoms. The van der Waals surface area contributed by atoms with Crippen LogP contribution in [0.25, 0.3) is 0 Å². The second-order valence-corrected chi connectivity index (χ2v) is 4.86. The summed E-state index contributed by atoms with van der Waals surface area (Å²) in [5.74, 6) is 0. The summed E-state index contributed by atoms with van der Waals surface area (Å²) >= 11 is 0. The molecule has 1 aromatic heterocycles. The van der Waals surface area contributed by atoms with Crippen LogP contribution < -0.4 is 5.32 Å². The number of hydrogen-bond acceptors (Lipinski definition) is 3. The molecule has 0 fully saturated rings. The lowest BCUT2D eigenvalue weighted by Crippen LogP contribution is -2.36. The minimum absolute atomic E-state index is 0.457. The Hall–Kier alpha value is -0.930. The van der Waals surface area contributed by atoms with E-state index in [0.29, 0.717) is 12.1 Å². The van der Waals surface area contributed by atoms with Crippen molar-refractivity contribution in [1.29, 1.82) is 0 Å². The number of pyridine rings is 1. The predicted molar refractivity (Wildman–Crippen MR) is 66.5 cm³/mol. The Kier molecular flexibility index (Phi) is 3.56. The maximum atomic E-state index is 4.49. The molecule has 88 valence electrons. The van der Waals surface area contributed by atoms with Crippen LogP contribution in [0, 0.1) is 0 Å². The summed E-state index contributed by atoms with van der Waals surface area (Å²) in [5, 5.41) is 3.61. The summed E-state index contributed by atoms with van der Waals surface area (Å²) < 4.78 is 0. The highest BCUT2D eigenvalue weighted by Crippen LogP contribution is 2.28. The average molecular weight is 219 g/mol. The molecule has 1 N–H and O–H groups in total. The normalized spacial score (nSPS) is 21.1. The van der Waals surface area contributed by atoms with Gasteiger partial charge in [-0.05, 0) is 45.5 Å². The molecule has 2 unspecified atom stereocenters. The number of aryl methyl sites for hydroxylation is 1. The Balaban J connectivity index is 1.93. The van der Waals surface area contributed by atoms with Crippen molar-refractivity contribution in [2.75, 3.05) is 20.6 Å².